The first-order valence-electron chi connectivity index (χ1n) is 5.95. The Kier molecular flexibility index (Phi) is 4.42. The van der Waals surface area contributed by atoms with Gasteiger partial charge in [-0.3, -0.25) is 0 Å². The maximum atomic E-state index is 5.90. The standard InChI is InChI=1S/C15H15NO3S/c1-17-12-8-5-9-13(18-2)14(12)19-11-7-4-3-6-10(11)15(16)20/h3-9H,1-2H3,(H2,16,20). The van der Waals surface area contributed by atoms with Crippen LogP contribution in [0.15, 0.2) is 42.5 Å². The lowest BCUT2D eigenvalue weighted by atomic mass is 10.2. The first kappa shape index (κ1) is 14.1. The second-order valence-corrected chi connectivity index (χ2v) is 4.39. The van der Waals surface area contributed by atoms with Gasteiger partial charge in [0.1, 0.15) is 10.7 Å². The number of methoxy groups -OCH3 is 2. The highest BCUT2D eigenvalue weighted by Gasteiger charge is 2.14. The summed E-state index contributed by atoms with van der Waals surface area (Å²) >= 11 is 5.02. The molecule has 0 spiro atoms. The molecule has 0 aromatic heterocycles. The molecule has 0 heterocycles. The normalized spacial score (nSPS) is 9.90. The molecule has 0 fully saturated rings. The summed E-state index contributed by atoms with van der Waals surface area (Å²) in [6.45, 7) is 0. The molecule has 0 bridgehead atoms. The molecular weight excluding hydrogens is 274 g/mol. The molecule has 0 unspecified atom stereocenters. The average molecular weight is 289 g/mol. The third-order valence-corrected chi connectivity index (χ3v) is 2.97. The van der Waals surface area contributed by atoms with Gasteiger partial charge in [0.25, 0.3) is 0 Å². The highest BCUT2D eigenvalue weighted by molar-refractivity contribution is 7.80. The zero-order chi connectivity index (χ0) is 14.5. The molecule has 104 valence electrons. The smallest absolute Gasteiger partial charge is 0.211 e. The van der Waals surface area contributed by atoms with Gasteiger partial charge in [-0.05, 0) is 24.3 Å². The summed E-state index contributed by atoms with van der Waals surface area (Å²) < 4.78 is 16.5. The lowest BCUT2D eigenvalue weighted by Gasteiger charge is -2.15. The summed E-state index contributed by atoms with van der Waals surface area (Å²) in [5.74, 6) is 2.19. The molecular formula is C15H15NO3S. The lowest BCUT2D eigenvalue weighted by molar-refractivity contribution is 0.346. The highest BCUT2D eigenvalue weighted by atomic mass is 32.1. The monoisotopic (exact) mass is 289 g/mol. The van der Waals surface area contributed by atoms with E-state index in [1.54, 1.807) is 38.5 Å². The van der Waals surface area contributed by atoms with Crippen molar-refractivity contribution in [2.24, 2.45) is 5.73 Å². The molecule has 20 heavy (non-hydrogen) atoms. The van der Waals surface area contributed by atoms with Gasteiger partial charge in [0, 0.05) is 0 Å². The Labute approximate surface area is 123 Å². The fourth-order valence-electron chi connectivity index (χ4n) is 1.79. The number of para-hydroxylation sites is 2. The minimum absolute atomic E-state index is 0.273. The number of hydrogen-bond donors (Lipinski definition) is 1. The van der Waals surface area contributed by atoms with Gasteiger partial charge >= 0.3 is 0 Å². The molecule has 0 saturated carbocycles. The van der Waals surface area contributed by atoms with Crippen molar-refractivity contribution in [3.05, 3.63) is 48.0 Å². The highest BCUT2D eigenvalue weighted by Crippen LogP contribution is 2.40. The molecule has 0 aliphatic carbocycles. The van der Waals surface area contributed by atoms with E-state index in [1.165, 1.54) is 0 Å². The number of thiocarbonyl (C=S) groups is 1. The van der Waals surface area contributed by atoms with Gasteiger partial charge in [-0.15, -0.1) is 0 Å². The van der Waals surface area contributed by atoms with Crippen molar-refractivity contribution in [2.45, 2.75) is 0 Å². The minimum atomic E-state index is 0.273. The van der Waals surface area contributed by atoms with Gasteiger partial charge in [-0.1, -0.05) is 30.4 Å². The zero-order valence-electron chi connectivity index (χ0n) is 11.3. The average Bonchev–Trinajstić information content (AvgIpc) is 2.47. The second kappa shape index (κ2) is 6.25. The summed E-state index contributed by atoms with van der Waals surface area (Å²) in [5.41, 5.74) is 6.36. The number of ether oxygens (including phenoxy) is 3. The first-order chi connectivity index (χ1) is 9.67. The number of rotatable bonds is 5. The van der Waals surface area contributed by atoms with Crippen LogP contribution in [0, 0.1) is 0 Å². The number of nitrogens with two attached hydrogens (primary N) is 1. The fraction of sp³-hybridized carbons (Fsp3) is 0.133. The Morgan fingerprint density at radius 2 is 1.45 bits per heavy atom. The van der Waals surface area contributed by atoms with Gasteiger partial charge in [-0.25, -0.2) is 0 Å². The predicted molar refractivity (Wildman–Crippen MR) is 81.9 cm³/mol. The molecule has 0 radical (unpaired) electrons. The van der Waals surface area contributed by atoms with E-state index in [0.717, 1.165) is 0 Å². The van der Waals surface area contributed by atoms with Gasteiger partial charge in [0.15, 0.2) is 11.5 Å². The van der Waals surface area contributed by atoms with E-state index in [1.807, 2.05) is 18.2 Å². The van der Waals surface area contributed by atoms with Crippen LogP contribution in [-0.4, -0.2) is 19.2 Å². The lowest BCUT2D eigenvalue weighted by Crippen LogP contribution is -2.10. The topological polar surface area (TPSA) is 53.7 Å². The Balaban J connectivity index is 2.47. The number of hydrogen-bond acceptors (Lipinski definition) is 4. The summed E-state index contributed by atoms with van der Waals surface area (Å²) in [6, 6.07) is 12.7. The van der Waals surface area contributed by atoms with Crippen molar-refractivity contribution in [3.63, 3.8) is 0 Å². The number of benzene rings is 2. The maximum Gasteiger partial charge on any atom is 0.211 e. The van der Waals surface area contributed by atoms with E-state index in [0.29, 0.717) is 28.6 Å². The maximum absolute atomic E-state index is 5.90. The van der Waals surface area contributed by atoms with Crippen LogP contribution in [0.5, 0.6) is 23.0 Å². The van der Waals surface area contributed by atoms with Crippen LogP contribution < -0.4 is 19.9 Å². The van der Waals surface area contributed by atoms with Crippen molar-refractivity contribution in [3.8, 4) is 23.0 Å². The minimum Gasteiger partial charge on any atom is -0.493 e. The van der Waals surface area contributed by atoms with Crippen LogP contribution >= 0.6 is 12.2 Å². The van der Waals surface area contributed by atoms with Crippen LogP contribution in [-0.2, 0) is 0 Å². The Bertz CT molecular complexity index is 606. The summed E-state index contributed by atoms with van der Waals surface area (Å²) in [7, 11) is 3.14. The Morgan fingerprint density at radius 1 is 0.900 bits per heavy atom. The van der Waals surface area contributed by atoms with Gasteiger partial charge < -0.3 is 19.9 Å². The summed E-state index contributed by atoms with van der Waals surface area (Å²) in [5, 5.41) is 0. The molecule has 2 rings (SSSR count). The summed E-state index contributed by atoms with van der Waals surface area (Å²) in [6.07, 6.45) is 0. The van der Waals surface area contributed by atoms with Crippen molar-refractivity contribution in [1.82, 2.24) is 0 Å². The first-order valence-corrected chi connectivity index (χ1v) is 6.36. The molecule has 2 N–H and O–H groups in total. The van der Waals surface area contributed by atoms with Crippen molar-refractivity contribution in [1.29, 1.82) is 0 Å². The third kappa shape index (κ3) is 2.83. The van der Waals surface area contributed by atoms with Crippen LogP contribution in [0.4, 0.5) is 0 Å². The van der Waals surface area contributed by atoms with Crippen molar-refractivity contribution < 1.29 is 14.2 Å². The quantitative estimate of drug-likeness (QED) is 0.857. The Hall–Kier alpha value is -2.27. The third-order valence-electron chi connectivity index (χ3n) is 2.75. The molecule has 0 atom stereocenters. The van der Waals surface area contributed by atoms with Gasteiger partial charge in [-0.2, -0.15) is 0 Å². The van der Waals surface area contributed by atoms with Crippen molar-refractivity contribution in [2.75, 3.05) is 14.2 Å². The second-order valence-electron chi connectivity index (χ2n) is 3.95. The van der Waals surface area contributed by atoms with Crippen LogP contribution in [0.2, 0.25) is 0 Å². The van der Waals surface area contributed by atoms with E-state index >= 15 is 0 Å². The van der Waals surface area contributed by atoms with Gasteiger partial charge in [0.05, 0.1) is 19.8 Å². The molecule has 0 aliphatic heterocycles. The summed E-state index contributed by atoms with van der Waals surface area (Å²) in [4.78, 5) is 0.273. The molecule has 5 heteroatoms. The largest absolute Gasteiger partial charge is 0.493 e. The molecule has 0 amide bonds. The zero-order valence-corrected chi connectivity index (χ0v) is 12.1. The van der Waals surface area contributed by atoms with Crippen molar-refractivity contribution >= 4 is 17.2 Å². The predicted octanol–water partition coefficient (Wildman–Crippen LogP) is 3.13. The van der Waals surface area contributed by atoms with E-state index in [9.17, 15) is 0 Å². The van der Waals surface area contributed by atoms with Crippen LogP contribution in [0.3, 0.4) is 0 Å². The van der Waals surface area contributed by atoms with E-state index in [-0.39, 0.29) is 4.99 Å². The molecule has 2 aromatic rings. The molecule has 2 aromatic carbocycles. The fourth-order valence-corrected chi connectivity index (χ4v) is 1.96. The van der Waals surface area contributed by atoms with E-state index < -0.39 is 0 Å². The van der Waals surface area contributed by atoms with Crippen LogP contribution in [0.25, 0.3) is 0 Å². The van der Waals surface area contributed by atoms with Gasteiger partial charge in [0.2, 0.25) is 5.75 Å². The SMILES string of the molecule is COc1cccc(OC)c1Oc1ccccc1C(N)=S. The van der Waals surface area contributed by atoms with E-state index in [4.69, 9.17) is 32.2 Å². The molecule has 0 saturated heterocycles. The molecule has 4 nitrogen and oxygen atoms in total. The van der Waals surface area contributed by atoms with Crippen LogP contribution in [0.1, 0.15) is 5.56 Å². The Morgan fingerprint density at radius 3 is 2.00 bits per heavy atom. The molecule has 0 aliphatic rings. The van der Waals surface area contributed by atoms with E-state index in [2.05, 4.69) is 0 Å².